The third-order valence-electron chi connectivity index (χ3n) is 17.7. The summed E-state index contributed by atoms with van der Waals surface area (Å²) in [5.74, 6) is -1.18. The molecule has 0 aliphatic carbocycles. The summed E-state index contributed by atoms with van der Waals surface area (Å²) in [6, 6.07) is -1.02. The first-order valence-corrected chi connectivity index (χ1v) is 37.4. The average Bonchev–Trinajstić information content (AvgIpc) is 2.32. The van der Waals surface area contributed by atoms with Crippen molar-refractivity contribution in [3.8, 4) is 0 Å². The van der Waals surface area contributed by atoms with Gasteiger partial charge in [0.15, 0.2) is 12.4 Å². The molecule has 0 aromatic heterocycles. The van der Waals surface area contributed by atoms with Crippen LogP contribution in [0, 0.1) is 0 Å². The Morgan fingerprint density at radius 2 is 0.793 bits per heavy atom. The van der Waals surface area contributed by atoms with E-state index in [4.69, 9.17) is 14.2 Å². The molecule has 0 saturated carbocycles. The number of carbonyl (C=O) groups excluding carboxylic acids is 2. The van der Waals surface area contributed by atoms with Crippen molar-refractivity contribution in [3.63, 3.8) is 0 Å². The van der Waals surface area contributed by atoms with Crippen LogP contribution in [-0.2, 0) is 23.8 Å². The summed E-state index contributed by atoms with van der Waals surface area (Å²) >= 11 is 0. The smallest absolute Gasteiger partial charge is 0.306 e. The van der Waals surface area contributed by atoms with Gasteiger partial charge in [0.2, 0.25) is 5.91 Å². The zero-order valence-corrected chi connectivity index (χ0v) is 56.9. The fourth-order valence-electron chi connectivity index (χ4n) is 11.8. The van der Waals surface area contributed by atoms with Gasteiger partial charge < -0.3 is 45.1 Å². The Hall–Kier alpha value is -2.38. The van der Waals surface area contributed by atoms with Gasteiger partial charge in [0.05, 0.1) is 25.4 Å². The molecule has 1 saturated heterocycles. The lowest BCUT2D eigenvalue weighted by molar-refractivity contribution is -0.305. The Morgan fingerprint density at radius 3 is 1.21 bits per heavy atom. The number of amides is 1. The molecule has 6 N–H and O–H groups in total. The summed E-state index contributed by atoms with van der Waals surface area (Å²) in [5, 5.41) is 57.4. The molecule has 0 aromatic carbocycles. The van der Waals surface area contributed by atoms with Gasteiger partial charge in [-0.1, -0.05) is 339 Å². The molecule has 11 nitrogen and oxygen atoms in total. The van der Waals surface area contributed by atoms with Crippen molar-refractivity contribution in [2.45, 2.75) is 410 Å². The zero-order valence-electron chi connectivity index (χ0n) is 56.9. The summed E-state index contributed by atoms with van der Waals surface area (Å²) in [5.41, 5.74) is 0. The second kappa shape index (κ2) is 63.8. The van der Waals surface area contributed by atoms with Gasteiger partial charge in [-0.15, -0.1) is 0 Å². The second-order valence-corrected chi connectivity index (χ2v) is 26.0. The summed E-state index contributed by atoms with van der Waals surface area (Å²) in [6.07, 6.45) is 70.1. The Morgan fingerprint density at radius 1 is 0.448 bits per heavy atom. The van der Waals surface area contributed by atoms with Crippen LogP contribution in [0.2, 0.25) is 0 Å². The topological polar surface area (TPSA) is 175 Å². The van der Waals surface area contributed by atoms with Crippen LogP contribution in [0.15, 0.2) is 48.6 Å². The number of carbonyl (C=O) groups is 2. The van der Waals surface area contributed by atoms with Crippen LogP contribution in [0.25, 0.3) is 0 Å². The van der Waals surface area contributed by atoms with Crippen molar-refractivity contribution in [2.75, 3.05) is 13.2 Å². The number of allylic oxidation sites excluding steroid dienone is 7. The molecule has 0 spiro atoms. The third kappa shape index (κ3) is 50.9. The third-order valence-corrected chi connectivity index (χ3v) is 17.7. The molecule has 1 heterocycles. The van der Waals surface area contributed by atoms with Crippen LogP contribution >= 0.6 is 0 Å². The van der Waals surface area contributed by atoms with Crippen molar-refractivity contribution < 1.29 is 49.3 Å². The molecule has 8 unspecified atom stereocenters. The Bertz CT molecular complexity index is 1600. The lowest BCUT2D eigenvalue weighted by Gasteiger charge is -2.41. The Balaban J connectivity index is 2.56. The molecule has 1 rings (SSSR count). The first-order chi connectivity index (χ1) is 42.7. The quantitative estimate of drug-likeness (QED) is 0.0195. The Labute approximate surface area is 536 Å². The fraction of sp³-hybridized carbons (Fsp3) is 0.868. The average molecular weight is 1230 g/mol. The Kier molecular flexibility index (Phi) is 60.6. The van der Waals surface area contributed by atoms with Gasteiger partial charge in [-0.2, -0.15) is 0 Å². The first-order valence-electron chi connectivity index (χ1n) is 37.4. The van der Waals surface area contributed by atoms with E-state index in [1.807, 2.05) is 6.08 Å². The van der Waals surface area contributed by atoms with E-state index in [1.54, 1.807) is 6.08 Å². The standard InChI is InChI=1S/C76H141NO10/c1-4-7-10-13-16-19-22-25-27-29-31-33-35-37-39-41-43-46-49-52-55-58-61-64-71(81)87-74-73(83)72(82)70(65-78)86-76(74)85-66-67(68(79)62-59-56-53-50-47-44-24-21-18-15-12-9-6-3)77-75(84)69(80)63-60-57-54-51-48-45-42-40-38-36-34-32-30-28-26-23-20-17-14-11-8-5-2/h16,19,25,27,31,33,59,62,67-70,72-74,76,78-80,82-83H,4-15,17-18,20-24,26,28-30,32,34-58,60-61,63-66H2,1-3H3,(H,77,84)/b19-16-,27-25-,33-31-,62-59+. The van der Waals surface area contributed by atoms with Gasteiger partial charge in [-0.3, -0.25) is 9.59 Å². The number of nitrogens with one attached hydrogen (secondary N) is 1. The predicted octanol–water partition coefficient (Wildman–Crippen LogP) is 19.5. The second-order valence-electron chi connectivity index (χ2n) is 26.0. The highest BCUT2D eigenvalue weighted by atomic mass is 16.7. The van der Waals surface area contributed by atoms with Crippen LogP contribution in [-0.4, -0.2) is 99.6 Å². The number of hydrogen-bond donors (Lipinski definition) is 6. The minimum atomic E-state index is -1.62. The van der Waals surface area contributed by atoms with E-state index in [0.717, 1.165) is 77.0 Å². The molecule has 8 atom stereocenters. The van der Waals surface area contributed by atoms with Crippen molar-refractivity contribution >= 4 is 11.9 Å². The molecule has 0 radical (unpaired) electrons. The van der Waals surface area contributed by atoms with Gasteiger partial charge >= 0.3 is 5.97 Å². The highest BCUT2D eigenvalue weighted by Gasteiger charge is 2.47. The zero-order chi connectivity index (χ0) is 63.1. The van der Waals surface area contributed by atoms with Crippen LogP contribution in [0.3, 0.4) is 0 Å². The molecular formula is C76H141NO10. The largest absolute Gasteiger partial charge is 0.454 e. The number of ether oxygens (including phenoxy) is 3. The van der Waals surface area contributed by atoms with Crippen molar-refractivity contribution in [2.24, 2.45) is 0 Å². The molecule has 11 heteroatoms. The van der Waals surface area contributed by atoms with E-state index < -0.39 is 67.4 Å². The summed E-state index contributed by atoms with van der Waals surface area (Å²) in [4.78, 5) is 26.7. The molecule has 1 amide bonds. The molecule has 0 aromatic rings. The van der Waals surface area contributed by atoms with E-state index in [0.29, 0.717) is 19.3 Å². The van der Waals surface area contributed by atoms with Gasteiger partial charge in [-0.25, -0.2) is 0 Å². The van der Waals surface area contributed by atoms with E-state index >= 15 is 0 Å². The number of rotatable bonds is 65. The summed E-state index contributed by atoms with van der Waals surface area (Å²) < 4.78 is 17.7. The molecular weight excluding hydrogens is 1090 g/mol. The molecule has 1 aliphatic heterocycles. The van der Waals surface area contributed by atoms with Gasteiger partial charge in [0.25, 0.3) is 0 Å². The van der Waals surface area contributed by atoms with E-state index in [2.05, 4.69) is 62.5 Å². The van der Waals surface area contributed by atoms with E-state index in [9.17, 15) is 35.1 Å². The maximum atomic E-state index is 13.5. The maximum Gasteiger partial charge on any atom is 0.306 e. The number of aliphatic hydroxyl groups is 5. The summed E-state index contributed by atoms with van der Waals surface area (Å²) in [7, 11) is 0. The monoisotopic (exact) mass is 1230 g/mol. The van der Waals surface area contributed by atoms with E-state index in [1.165, 1.54) is 238 Å². The minimum absolute atomic E-state index is 0.121. The normalized spacial score (nSPS) is 18.5. The highest BCUT2D eigenvalue weighted by molar-refractivity contribution is 5.80. The number of hydrogen-bond acceptors (Lipinski definition) is 10. The van der Waals surface area contributed by atoms with Crippen LogP contribution in [0.5, 0.6) is 0 Å². The number of aliphatic hydroxyl groups excluding tert-OH is 5. The van der Waals surface area contributed by atoms with Crippen molar-refractivity contribution in [1.82, 2.24) is 5.32 Å². The van der Waals surface area contributed by atoms with E-state index in [-0.39, 0.29) is 13.0 Å². The minimum Gasteiger partial charge on any atom is -0.454 e. The van der Waals surface area contributed by atoms with Crippen LogP contribution < -0.4 is 5.32 Å². The highest BCUT2D eigenvalue weighted by Crippen LogP contribution is 2.27. The maximum absolute atomic E-state index is 13.5. The first kappa shape index (κ1) is 82.6. The van der Waals surface area contributed by atoms with Crippen LogP contribution in [0.1, 0.15) is 361 Å². The predicted molar refractivity (Wildman–Crippen MR) is 366 cm³/mol. The molecule has 510 valence electrons. The molecule has 1 aliphatic rings. The van der Waals surface area contributed by atoms with Crippen molar-refractivity contribution in [3.05, 3.63) is 48.6 Å². The molecule has 87 heavy (non-hydrogen) atoms. The molecule has 1 fully saturated rings. The molecule has 0 bridgehead atoms. The number of unbranched alkanes of at least 4 members (excludes halogenated alkanes) is 45. The van der Waals surface area contributed by atoms with Gasteiger partial charge in [0, 0.05) is 6.42 Å². The van der Waals surface area contributed by atoms with Crippen LogP contribution in [0.4, 0.5) is 0 Å². The summed E-state index contributed by atoms with van der Waals surface area (Å²) in [6.45, 7) is 5.82. The lowest BCUT2D eigenvalue weighted by Crippen LogP contribution is -2.61. The SMILES string of the molecule is CCCCC/C=C\C/C=C\C/C=C\CCCCCCCCCCCCC(=O)OC1C(OCC(NC(=O)C(O)CCCCCCCCCCCCCCCCCCCCCCCC)C(O)/C=C/CCCCCCCCCCCCC)OC(CO)C(O)C1O. The number of esters is 1. The lowest BCUT2D eigenvalue weighted by atomic mass is 9.99. The fourth-order valence-corrected chi connectivity index (χ4v) is 11.8. The van der Waals surface area contributed by atoms with Gasteiger partial charge in [-0.05, 0) is 64.2 Å². The van der Waals surface area contributed by atoms with Crippen molar-refractivity contribution in [1.29, 1.82) is 0 Å². The van der Waals surface area contributed by atoms with Gasteiger partial charge in [0.1, 0.15) is 24.4 Å².